The first kappa shape index (κ1) is 19.6. The molecule has 3 aromatic carbocycles. The molecule has 0 unspecified atom stereocenters. The lowest BCUT2D eigenvalue weighted by molar-refractivity contribution is -0.117. The van der Waals surface area contributed by atoms with Crippen LogP contribution in [-0.2, 0) is 17.8 Å². The smallest absolute Gasteiger partial charge is 0.227 e. The van der Waals surface area contributed by atoms with Gasteiger partial charge in [-0.2, -0.15) is 0 Å². The molecule has 0 radical (unpaired) electrons. The summed E-state index contributed by atoms with van der Waals surface area (Å²) in [6, 6.07) is 25.1. The van der Waals surface area contributed by atoms with E-state index in [9.17, 15) is 4.79 Å². The number of carbonyl (C=O) groups excluding carboxylic acids is 1. The van der Waals surface area contributed by atoms with Crippen molar-refractivity contribution in [3.63, 3.8) is 0 Å². The van der Waals surface area contributed by atoms with Crippen molar-refractivity contribution in [2.24, 2.45) is 0 Å². The van der Waals surface area contributed by atoms with Crippen LogP contribution in [0.5, 0.6) is 0 Å². The Hall–Kier alpha value is -3.40. The van der Waals surface area contributed by atoms with Crippen LogP contribution in [-0.4, -0.2) is 22.0 Å². The number of hydrogen-bond acceptors (Lipinski definition) is 2. The molecule has 1 aliphatic rings. The van der Waals surface area contributed by atoms with Gasteiger partial charge in [-0.15, -0.1) is 0 Å². The summed E-state index contributed by atoms with van der Waals surface area (Å²) in [5.74, 6) is 1.30. The minimum absolute atomic E-state index is 0.0947. The van der Waals surface area contributed by atoms with Gasteiger partial charge in [0.2, 0.25) is 5.91 Å². The SMILES string of the molecule is Cc1ccc(N2C[C@H](c3nc4ccccc4n3CCc3ccccc3)CC2=O)cc1C. The van der Waals surface area contributed by atoms with E-state index >= 15 is 0 Å². The number of amides is 1. The summed E-state index contributed by atoms with van der Waals surface area (Å²) in [6.45, 7) is 5.73. The molecule has 1 fully saturated rings. The highest BCUT2D eigenvalue weighted by Crippen LogP contribution is 2.34. The van der Waals surface area contributed by atoms with E-state index in [0.29, 0.717) is 13.0 Å². The van der Waals surface area contributed by atoms with E-state index in [-0.39, 0.29) is 11.8 Å². The number of para-hydroxylation sites is 2. The predicted octanol–water partition coefficient (Wildman–Crippen LogP) is 5.42. The number of rotatable bonds is 5. The maximum absolute atomic E-state index is 12.9. The zero-order valence-electron chi connectivity index (χ0n) is 18.1. The van der Waals surface area contributed by atoms with Crippen LogP contribution in [0.25, 0.3) is 11.0 Å². The molecule has 4 heteroatoms. The van der Waals surface area contributed by atoms with E-state index in [1.807, 2.05) is 17.0 Å². The van der Waals surface area contributed by atoms with Crippen molar-refractivity contribution in [3.05, 3.63) is 95.3 Å². The highest BCUT2D eigenvalue weighted by Gasteiger charge is 2.34. The molecule has 0 aliphatic carbocycles. The molecule has 4 aromatic rings. The summed E-state index contributed by atoms with van der Waals surface area (Å²) >= 11 is 0. The summed E-state index contributed by atoms with van der Waals surface area (Å²) < 4.78 is 2.32. The first-order valence-electron chi connectivity index (χ1n) is 11.0. The molecule has 0 saturated carbocycles. The normalized spacial score (nSPS) is 16.4. The van der Waals surface area contributed by atoms with E-state index in [1.165, 1.54) is 16.7 Å². The molecular weight excluding hydrogens is 382 g/mol. The monoisotopic (exact) mass is 409 g/mol. The van der Waals surface area contributed by atoms with Crippen molar-refractivity contribution in [3.8, 4) is 0 Å². The van der Waals surface area contributed by atoms with E-state index < -0.39 is 0 Å². The van der Waals surface area contributed by atoms with Gasteiger partial charge in [-0.3, -0.25) is 4.79 Å². The van der Waals surface area contributed by atoms with Crippen molar-refractivity contribution >= 4 is 22.6 Å². The second kappa shape index (κ2) is 8.03. The molecule has 1 saturated heterocycles. The first-order valence-corrected chi connectivity index (χ1v) is 11.0. The van der Waals surface area contributed by atoms with E-state index in [1.54, 1.807) is 0 Å². The third-order valence-corrected chi connectivity index (χ3v) is 6.44. The number of anilines is 1. The maximum atomic E-state index is 12.9. The zero-order valence-corrected chi connectivity index (χ0v) is 18.1. The molecule has 1 aliphatic heterocycles. The lowest BCUT2D eigenvalue weighted by Gasteiger charge is -2.18. The molecule has 1 amide bonds. The summed E-state index contributed by atoms with van der Waals surface area (Å²) in [6.07, 6.45) is 1.44. The molecule has 0 N–H and O–H groups in total. The van der Waals surface area contributed by atoms with Gasteiger partial charge in [-0.05, 0) is 61.2 Å². The topological polar surface area (TPSA) is 38.1 Å². The molecule has 4 nitrogen and oxygen atoms in total. The summed E-state index contributed by atoms with van der Waals surface area (Å²) in [5, 5.41) is 0. The van der Waals surface area contributed by atoms with Crippen LogP contribution < -0.4 is 4.90 Å². The summed E-state index contributed by atoms with van der Waals surface area (Å²) in [7, 11) is 0. The minimum Gasteiger partial charge on any atom is -0.327 e. The van der Waals surface area contributed by atoms with Gasteiger partial charge in [-0.1, -0.05) is 48.5 Å². The number of aryl methyl sites for hydroxylation is 4. The van der Waals surface area contributed by atoms with Crippen molar-refractivity contribution in [1.82, 2.24) is 9.55 Å². The first-order chi connectivity index (χ1) is 15.1. The third kappa shape index (κ3) is 3.74. The summed E-state index contributed by atoms with van der Waals surface area (Å²) in [4.78, 5) is 19.9. The molecule has 5 rings (SSSR count). The quantitative estimate of drug-likeness (QED) is 0.442. The van der Waals surface area contributed by atoms with Crippen LogP contribution in [0.15, 0.2) is 72.8 Å². The average molecular weight is 410 g/mol. The van der Waals surface area contributed by atoms with Crippen molar-refractivity contribution < 1.29 is 4.79 Å². The highest BCUT2D eigenvalue weighted by molar-refractivity contribution is 5.96. The van der Waals surface area contributed by atoms with Crippen LogP contribution in [0, 0.1) is 13.8 Å². The average Bonchev–Trinajstić information content (AvgIpc) is 3.35. The van der Waals surface area contributed by atoms with Gasteiger partial charge in [0.15, 0.2) is 0 Å². The molecular formula is C27H27N3O. The second-order valence-electron chi connectivity index (χ2n) is 8.52. The number of hydrogen-bond donors (Lipinski definition) is 0. The number of nitrogens with zero attached hydrogens (tertiary/aromatic N) is 3. The van der Waals surface area contributed by atoms with Gasteiger partial charge in [0, 0.05) is 31.1 Å². The molecule has 0 spiro atoms. The van der Waals surface area contributed by atoms with Crippen LogP contribution in [0.1, 0.15) is 34.9 Å². The van der Waals surface area contributed by atoms with Gasteiger partial charge in [0.25, 0.3) is 0 Å². The number of benzene rings is 3. The predicted molar refractivity (Wildman–Crippen MR) is 126 cm³/mol. The zero-order chi connectivity index (χ0) is 21.4. The Morgan fingerprint density at radius 1 is 0.935 bits per heavy atom. The van der Waals surface area contributed by atoms with Crippen LogP contribution >= 0.6 is 0 Å². The molecule has 1 aromatic heterocycles. The van der Waals surface area contributed by atoms with Crippen molar-refractivity contribution in [2.45, 2.75) is 39.2 Å². The highest BCUT2D eigenvalue weighted by atomic mass is 16.2. The van der Waals surface area contributed by atoms with Gasteiger partial charge in [-0.25, -0.2) is 4.98 Å². The van der Waals surface area contributed by atoms with Crippen molar-refractivity contribution in [2.75, 3.05) is 11.4 Å². The molecule has 31 heavy (non-hydrogen) atoms. The van der Waals surface area contributed by atoms with Gasteiger partial charge < -0.3 is 9.47 Å². The second-order valence-corrected chi connectivity index (χ2v) is 8.52. The fraction of sp³-hybridized carbons (Fsp3) is 0.259. The Balaban J connectivity index is 1.46. The molecule has 0 bridgehead atoms. The molecule has 1 atom stereocenters. The standard InChI is InChI=1S/C27H27N3O/c1-19-12-13-23(16-20(19)2)30-18-22(17-26(30)31)27-28-24-10-6-7-11-25(24)29(27)15-14-21-8-4-3-5-9-21/h3-13,16,22H,14-15,17-18H2,1-2H3/t22-/m1/s1. The Morgan fingerprint density at radius 3 is 2.52 bits per heavy atom. The molecule has 156 valence electrons. The van der Waals surface area contributed by atoms with Gasteiger partial charge in [0.1, 0.15) is 5.82 Å². The van der Waals surface area contributed by atoms with Crippen molar-refractivity contribution in [1.29, 1.82) is 0 Å². The van der Waals surface area contributed by atoms with Gasteiger partial charge in [0.05, 0.1) is 11.0 Å². The number of aromatic nitrogens is 2. The van der Waals surface area contributed by atoms with E-state index in [4.69, 9.17) is 4.98 Å². The van der Waals surface area contributed by atoms with Crippen LogP contribution in [0.4, 0.5) is 5.69 Å². The Labute approximate surface area is 183 Å². The van der Waals surface area contributed by atoms with Crippen LogP contribution in [0.3, 0.4) is 0 Å². The minimum atomic E-state index is 0.0947. The lowest BCUT2D eigenvalue weighted by Crippen LogP contribution is -2.24. The number of fused-ring (bicyclic) bond motifs is 1. The van der Waals surface area contributed by atoms with E-state index in [2.05, 4.69) is 79.1 Å². The lowest BCUT2D eigenvalue weighted by atomic mass is 10.1. The Kier molecular flexibility index (Phi) is 5.06. The fourth-order valence-corrected chi connectivity index (χ4v) is 4.55. The Bertz CT molecular complexity index is 1240. The maximum Gasteiger partial charge on any atom is 0.227 e. The third-order valence-electron chi connectivity index (χ3n) is 6.44. The van der Waals surface area contributed by atoms with E-state index in [0.717, 1.165) is 35.5 Å². The number of imidazole rings is 1. The molecule has 2 heterocycles. The van der Waals surface area contributed by atoms with Gasteiger partial charge >= 0.3 is 0 Å². The number of carbonyl (C=O) groups is 1. The largest absolute Gasteiger partial charge is 0.327 e. The Morgan fingerprint density at radius 2 is 1.71 bits per heavy atom. The fourth-order valence-electron chi connectivity index (χ4n) is 4.55. The van der Waals surface area contributed by atoms with Crippen LogP contribution in [0.2, 0.25) is 0 Å². The summed E-state index contributed by atoms with van der Waals surface area (Å²) in [5.41, 5.74) is 6.90.